The lowest BCUT2D eigenvalue weighted by Crippen LogP contribution is -2.13. The number of ether oxygens (including phenoxy) is 1. The van der Waals surface area contributed by atoms with E-state index in [4.69, 9.17) is 4.74 Å². The minimum atomic E-state index is -0.209. The molecule has 0 fully saturated rings. The van der Waals surface area contributed by atoms with E-state index in [0.717, 1.165) is 22.2 Å². The van der Waals surface area contributed by atoms with Crippen molar-refractivity contribution in [3.05, 3.63) is 102 Å². The van der Waals surface area contributed by atoms with Gasteiger partial charge >= 0.3 is 0 Å². The molecule has 1 aromatic heterocycles. The van der Waals surface area contributed by atoms with Gasteiger partial charge in [0.05, 0.1) is 24.0 Å². The number of rotatable bonds is 5. The molecule has 1 heterocycles. The van der Waals surface area contributed by atoms with Crippen LogP contribution in [0.4, 0.5) is 0 Å². The molecule has 3 nitrogen and oxygen atoms in total. The van der Waals surface area contributed by atoms with Crippen LogP contribution in [0.5, 0.6) is 0 Å². The van der Waals surface area contributed by atoms with Gasteiger partial charge < -0.3 is 4.74 Å². The van der Waals surface area contributed by atoms with Crippen LogP contribution in [0.3, 0.4) is 0 Å². The summed E-state index contributed by atoms with van der Waals surface area (Å²) in [5.74, 6) is 0. The van der Waals surface area contributed by atoms with Crippen molar-refractivity contribution in [2.45, 2.75) is 12.8 Å². The van der Waals surface area contributed by atoms with Gasteiger partial charge in [-0.1, -0.05) is 72.8 Å². The van der Waals surface area contributed by atoms with Crippen molar-refractivity contribution < 1.29 is 4.74 Å². The lowest BCUT2D eigenvalue weighted by Gasteiger charge is -2.21. The number of benzene rings is 3. The quantitative estimate of drug-likeness (QED) is 0.529. The maximum absolute atomic E-state index is 6.29. The normalized spacial score (nSPS) is 12.3. The van der Waals surface area contributed by atoms with Crippen LogP contribution >= 0.6 is 0 Å². The number of hydrogen-bond donors (Lipinski definition) is 0. The molecule has 0 saturated heterocycles. The fourth-order valence-corrected chi connectivity index (χ4v) is 2.87. The molecule has 4 aromatic rings. The summed E-state index contributed by atoms with van der Waals surface area (Å²) < 4.78 is 8.38. The van der Waals surface area contributed by atoms with Crippen molar-refractivity contribution in [3.8, 4) is 0 Å². The van der Waals surface area contributed by atoms with E-state index < -0.39 is 0 Å². The summed E-state index contributed by atoms with van der Waals surface area (Å²) in [5, 5.41) is 0. The number of nitrogens with zero attached hydrogens (tertiary/aromatic N) is 2. The minimum absolute atomic E-state index is 0.209. The first-order valence-corrected chi connectivity index (χ1v) is 8.04. The molecule has 0 N–H and O–H groups in total. The summed E-state index contributed by atoms with van der Waals surface area (Å²) in [7, 11) is 0. The number of para-hydroxylation sites is 2. The van der Waals surface area contributed by atoms with Crippen LogP contribution < -0.4 is 0 Å². The van der Waals surface area contributed by atoms with E-state index in [1.54, 1.807) is 0 Å². The molecule has 0 saturated carbocycles. The monoisotopic (exact) mass is 314 g/mol. The van der Waals surface area contributed by atoms with Gasteiger partial charge in [-0.05, 0) is 17.7 Å². The molecule has 0 spiro atoms. The summed E-state index contributed by atoms with van der Waals surface area (Å²) in [6, 6.07) is 28.6. The zero-order valence-corrected chi connectivity index (χ0v) is 13.2. The molecule has 24 heavy (non-hydrogen) atoms. The lowest BCUT2D eigenvalue weighted by atomic mass is 10.2. The summed E-state index contributed by atoms with van der Waals surface area (Å²) in [6.45, 7) is 0.549. The molecule has 3 aromatic carbocycles. The van der Waals surface area contributed by atoms with Crippen molar-refractivity contribution in [1.29, 1.82) is 0 Å². The highest BCUT2D eigenvalue weighted by Crippen LogP contribution is 2.25. The Morgan fingerprint density at radius 3 is 2.25 bits per heavy atom. The Kier molecular flexibility index (Phi) is 4.09. The molecule has 0 radical (unpaired) electrons. The third-order valence-electron chi connectivity index (χ3n) is 4.07. The molecule has 1 unspecified atom stereocenters. The van der Waals surface area contributed by atoms with Crippen LogP contribution in [0.25, 0.3) is 11.0 Å². The van der Waals surface area contributed by atoms with Gasteiger partial charge in [0.1, 0.15) is 0 Å². The first-order chi connectivity index (χ1) is 11.9. The van der Waals surface area contributed by atoms with Crippen LogP contribution in [0.2, 0.25) is 0 Å². The first kappa shape index (κ1) is 14.7. The Morgan fingerprint density at radius 2 is 1.46 bits per heavy atom. The van der Waals surface area contributed by atoms with Gasteiger partial charge in [-0.3, -0.25) is 4.57 Å². The minimum Gasteiger partial charge on any atom is -0.349 e. The fourth-order valence-electron chi connectivity index (χ4n) is 2.87. The van der Waals surface area contributed by atoms with E-state index in [0.29, 0.717) is 6.61 Å². The standard InChI is InChI=1S/C21H18N2O/c1-3-9-17(10-4-1)15-24-21(18-11-5-2-6-12-18)23-16-22-19-13-7-8-14-20(19)23/h1-14,16,21H,15H2. The third-order valence-corrected chi connectivity index (χ3v) is 4.07. The van der Waals surface area contributed by atoms with E-state index in [2.05, 4.69) is 39.9 Å². The highest BCUT2D eigenvalue weighted by Gasteiger charge is 2.16. The Morgan fingerprint density at radius 1 is 0.792 bits per heavy atom. The molecule has 0 amide bonds. The Bertz CT molecular complexity index is 916. The molecule has 1 atom stereocenters. The Hall–Kier alpha value is -2.91. The first-order valence-electron chi connectivity index (χ1n) is 8.04. The van der Waals surface area contributed by atoms with Crippen LogP contribution in [0.1, 0.15) is 17.4 Å². The number of hydrogen-bond acceptors (Lipinski definition) is 2. The molecule has 0 aliphatic rings. The predicted octanol–water partition coefficient (Wildman–Crippen LogP) is 4.80. The van der Waals surface area contributed by atoms with Gasteiger partial charge in [-0.2, -0.15) is 0 Å². The third kappa shape index (κ3) is 2.94. The second kappa shape index (κ2) is 6.69. The van der Waals surface area contributed by atoms with Crippen LogP contribution in [-0.2, 0) is 11.3 Å². The van der Waals surface area contributed by atoms with Gasteiger partial charge in [-0.25, -0.2) is 4.98 Å². The largest absolute Gasteiger partial charge is 0.349 e. The smallest absolute Gasteiger partial charge is 0.161 e. The van der Waals surface area contributed by atoms with Crippen LogP contribution in [-0.4, -0.2) is 9.55 Å². The van der Waals surface area contributed by atoms with Crippen molar-refractivity contribution in [3.63, 3.8) is 0 Å². The van der Waals surface area contributed by atoms with Crippen LogP contribution in [0.15, 0.2) is 91.3 Å². The second-order valence-corrected chi connectivity index (χ2v) is 5.70. The van der Waals surface area contributed by atoms with Gasteiger partial charge in [0.15, 0.2) is 6.23 Å². The summed E-state index contributed by atoms with van der Waals surface area (Å²) in [4.78, 5) is 4.50. The van der Waals surface area contributed by atoms with Crippen molar-refractivity contribution in [2.24, 2.45) is 0 Å². The fraction of sp³-hybridized carbons (Fsp3) is 0.0952. The number of aromatic nitrogens is 2. The highest BCUT2D eigenvalue weighted by molar-refractivity contribution is 5.75. The number of imidazole rings is 1. The molecular weight excluding hydrogens is 296 g/mol. The molecule has 0 bridgehead atoms. The van der Waals surface area contributed by atoms with Crippen molar-refractivity contribution in [1.82, 2.24) is 9.55 Å². The molecule has 118 valence electrons. The molecule has 0 aliphatic carbocycles. The van der Waals surface area contributed by atoms with E-state index in [9.17, 15) is 0 Å². The zero-order chi connectivity index (χ0) is 16.2. The van der Waals surface area contributed by atoms with Gasteiger partial charge in [0, 0.05) is 5.56 Å². The summed E-state index contributed by atoms with van der Waals surface area (Å²) in [6.07, 6.45) is 1.65. The molecule has 3 heteroatoms. The van der Waals surface area contributed by atoms with Gasteiger partial charge in [0.2, 0.25) is 0 Å². The van der Waals surface area contributed by atoms with Crippen molar-refractivity contribution in [2.75, 3.05) is 0 Å². The number of fused-ring (bicyclic) bond motifs is 1. The van der Waals surface area contributed by atoms with E-state index in [1.165, 1.54) is 0 Å². The average Bonchev–Trinajstić information content (AvgIpc) is 3.08. The maximum atomic E-state index is 6.29. The summed E-state index contributed by atoms with van der Waals surface area (Å²) >= 11 is 0. The Balaban J connectivity index is 1.71. The van der Waals surface area contributed by atoms with E-state index in [1.807, 2.05) is 60.9 Å². The van der Waals surface area contributed by atoms with E-state index in [-0.39, 0.29) is 6.23 Å². The van der Waals surface area contributed by atoms with E-state index >= 15 is 0 Å². The van der Waals surface area contributed by atoms with Gasteiger partial charge in [0.25, 0.3) is 0 Å². The topological polar surface area (TPSA) is 27.1 Å². The Labute approximate surface area is 141 Å². The zero-order valence-electron chi connectivity index (χ0n) is 13.2. The van der Waals surface area contributed by atoms with Gasteiger partial charge in [-0.15, -0.1) is 0 Å². The second-order valence-electron chi connectivity index (χ2n) is 5.70. The molecule has 0 aliphatic heterocycles. The highest BCUT2D eigenvalue weighted by atomic mass is 16.5. The lowest BCUT2D eigenvalue weighted by molar-refractivity contribution is 0.0221. The van der Waals surface area contributed by atoms with Crippen molar-refractivity contribution >= 4 is 11.0 Å². The SMILES string of the molecule is c1ccc(COC(c2ccccc2)n2cnc3ccccc32)cc1. The van der Waals surface area contributed by atoms with Crippen LogP contribution in [0, 0.1) is 0 Å². The predicted molar refractivity (Wildman–Crippen MR) is 95.5 cm³/mol. The average molecular weight is 314 g/mol. The molecular formula is C21H18N2O. The maximum Gasteiger partial charge on any atom is 0.161 e. The molecule has 4 rings (SSSR count). The summed E-state index contributed by atoms with van der Waals surface area (Å²) in [5.41, 5.74) is 4.31.